The van der Waals surface area contributed by atoms with Crippen molar-refractivity contribution < 1.29 is 4.74 Å². The first-order valence-electron chi connectivity index (χ1n) is 6.05. The van der Waals surface area contributed by atoms with Crippen molar-refractivity contribution in [2.24, 2.45) is 0 Å². The standard InChI is InChI=1S/C16H13NOS/c1-2-18-15(12-8-4-3-5-9-12)16-17-13-10-6-7-11-14(13)19-16/h2-11,15H,1H2. The highest BCUT2D eigenvalue weighted by Gasteiger charge is 2.18. The second-order valence-electron chi connectivity index (χ2n) is 4.11. The minimum absolute atomic E-state index is 0.184. The van der Waals surface area contributed by atoms with Gasteiger partial charge in [-0.3, -0.25) is 0 Å². The Morgan fingerprint density at radius 3 is 2.53 bits per heavy atom. The van der Waals surface area contributed by atoms with Gasteiger partial charge in [-0.1, -0.05) is 49.0 Å². The van der Waals surface area contributed by atoms with Crippen LogP contribution in [0.25, 0.3) is 10.2 Å². The molecule has 0 bridgehead atoms. The minimum atomic E-state index is -0.184. The molecule has 3 aromatic rings. The number of fused-ring (bicyclic) bond motifs is 1. The van der Waals surface area contributed by atoms with Crippen LogP contribution >= 0.6 is 11.3 Å². The van der Waals surface area contributed by atoms with Gasteiger partial charge in [-0.25, -0.2) is 4.98 Å². The van der Waals surface area contributed by atoms with E-state index >= 15 is 0 Å². The molecule has 3 rings (SSSR count). The molecule has 0 fully saturated rings. The summed E-state index contributed by atoms with van der Waals surface area (Å²) in [6.07, 6.45) is 1.29. The van der Waals surface area contributed by atoms with Gasteiger partial charge in [0.15, 0.2) is 6.10 Å². The van der Waals surface area contributed by atoms with E-state index in [4.69, 9.17) is 4.74 Å². The van der Waals surface area contributed by atoms with Gasteiger partial charge in [0, 0.05) is 0 Å². The Kier molecular flexibility index (Phi) is 3.29. The monoisotopic (exact) mass is 267 g/mol. The number of aromatic nitrogens is 1. The Hall–Kier alpha value is -2.13. The molecule has 0 N–H and O–H groups in total. The molecule has 19 heavy (non-hydrogen) atoms. The molecule has 2 nitrogen and oxygen atoms in total. The normalized spacial score (nSPS) is 12.2. The number of nitrogens with zero attached hydrogens (tertiary/aromatic N) is 1. The molecule has 1 heterocycles. The van der Waals surface area contributed by atoms with Crippen molar-refractivity contribution in [3.63, 3.8) is 0 Å². The summed E-state index contributed by atoms with van der Waals surface area (Å²) in [6.45, 7) is 3.66. The third-order valence-electron chi connectivity index (χ3n) is 2.87. The fourth-order valence-corrected chi connectivity index (χ4v) is 3.04. The molecule has 0 aliphatic rings. The lowest BCUT2D eigenvalue weighted by Gasteiger charge is -2.13. The quantitative estimate of drug-likeness (QED) is 0.647. The third kappa shape index (κ3) is 2.37. The van der Waals surface area contributed by atoms with E-state index in [2.05, 4.69) is 17.6 Å². The summed E-state index contributed by atoms with van der Waals surface area (Å²) in [6, 6.07) is 18.2. The van der Waals surface area contributed by atoms with Crippen molar-refractivity contribution in [3.05, 3.63) is 78.0 Å². The number of hydrogen-bond donors (Lipinski definition) is 0. The summed E-state index contributed by atoms with van der Waals surface area (Å²) >= 11 is 1.66. The van der Waals surface area contributed by atoms with Gasteiger partial charge in [0.1, 0.15) is 5.01 Å². The lowest BCUT2D eigenvalue weighted by Crippen LogP contribution is -2.01. The van der Waals surface area contributed by atoms with Gasteiger partial charge < -0.3 is 4.74 Å². The molecule has 0 radical (unpaired) electrons. The molecule has 0 spiro atoms. The van der Waals surface area contributed by atoms with E-state index in [9.17, 15) is 0 Å². The number of benzene rings is 2. The zero-order valence-electron chi connectivity index (χ0n) is 10.3. The second kappa shape index (κ2) is 5.24. The molecule has 0 saturated carbocycles. The van der Waals surface area contributed by atoms with Crippen LogP contribution in [0.4, 0.5) is 0 Å². The van der Waals surface area contributed by atoms with Gasteiger partial charge >= 0.3 is 0 Å². The van der Waals surface area contributed by atoms with Crippen LogP contribution < -0.4 is 0 Å². The fourth-order valence-electron chi connectivity index (χ4n) is 2.01. The van der Waals surface area contributed by atoms with E-state index in [-0.39, 0.29) is 6.10 Å². The molecule has 0 aliphatic carbocycles. The Labute approximate surface area is 116 Å². The molecule has 3 heteroatoms. The highest BCUT2D eigenvalue weighted by molar-refractivity contribution is 7.18. The highest BCUT2D eigenvalue weighted by atomic mass is 32.1. The molecule has 0 amide bonds. The number of ether oxygens (including phenoxy) is 1. The van der Waals surface area contributed by atoms with Gasteiger partial charge in [-0.2, -0.15) is 0 Å². The van der Waals surface area contributed by atoms with Crippen LogP contribution in [0.15, 0.2) is 67.4 Å². The molecular formula is C16H13NOS. The van der Waals surface area contributed by atoms with Crippen LogP contribution in [0.2, 0.25) is 0 Å². The lowest BCUT2D eigenvalue weighted by molar-refractivity contribution is 0.183. The van der Waals surface area contributed by atoms with Crippen LogP contribution in [0, 0.1) is 0 Å². The Bertz CT molecular complexity index is 657. The summed E-state index contributed by atoms with van der Waals surface area (Å²) < 4.78 is 6.83. The zero-order valence-corrected chi connectivity index (χ0v) is 11.1. The van der Waals surface area contributed by atoms with Crippen molar-refractivity contribution in [1.29, 1.82) is 0 Å². The maximum Gasteiger partial charge on any atom is 0.174 e. The van der Waals surface area contributed by atoms with Crippen molar-refractivity contribution in [1.82, 2.24) is 4.98 Å². The Balaban J connectivity index is 2.06. The van der Waals surface area contributed by atoms with Crippen molar-refractivity contribution >= 4 is 21.6 Å². The van der Waals surface area contributed by atoms with Gasteiger partial charge in [0.2, 0.25) is 0 Å². The maximum absolute atomic E-state index is 5.66. The van der Waals surface area contributed by atoms with E-state index in [1.54, 1.807) is 11.3 Å². The molecule has 0 saturated heterocycles. The van der Waals surface area contributed by atoms with Gasteiger partial charge in [0.05, 0.1) is 16.5 Å². The second-order valence-corrected chi connectivity index (χ2v) is 5.18. The molecule has 1 aromatic heterocycles. The maximum atomic E-state index is 5.66. The summed E-state index contributed by atoms with van der Waals surface area (Å²) in [7, 11) is 0. The van der Waals surface area contributed by atoms with Crippen LogP contribution in [0.3, 0.4) is 0 Å². The van der Waals surface area contributed by atoms with Crippen LogP contribution in [0.5, 0.6) is 0 Å². The Morgan fingerprint density at radius 1 is 1.05 bits per heavy atom. The van der Waals surface area contributed by atoms with Crippen LogP contribution in [-0.2, 0) is 4.74 Å². The van der Waals surface area contributed by atoms with E-state index < -0.39 is 0 Å². The van der Waals surface area contributed by atoms with Gasteiger partial charge in [-0.15, -0.1) is 11.3 Å². The predicted molar refractivity (Wildman–Crippen MR) is 79.2 cm³/mol. The van der Waals surface area contributed by atoms with E-state index in [0.29, 0.717) is 0 Å². The first-order valence-corrected chi connectivity index (χ1v) is 6.87. The third-order valence-corrected chi connectivity index (χ3v) is 3.95. The summed E-state index contributed by atoms with van der Waals surface area (Å²) in [4.78, 5) is 4.65. The Morgan fingerprint density at radius 2 is 1.79 bits per heavy atom. The van der Waals surface area contributed by atoms with Crippen LogP contribution in [0.1, 0.15) is 16.7 Å². The van der Waals surface area contributed by atoms with E-state index in [0.717, 1.165) is 16.1 Å². The summed E-state index contributed by atoms with van der Waals surface area (Å²) in [5.41, 5.74) is 2.09. The topological polar surface area (TPSA) is 22.1 Å². The van der Waals surface area contributed by atoms with Crippen molar-refractivity contribution in [3.8, 4) is 0 Å². The lowest BCUT2D eigenvalue weighted by atomic mass is 10.1. The van der Waals surface area contributed by atoms with Crippen molar-refractivity contribution in [2.75, 3.05) is 0 Å². The number of thiazole rings is 1. The first kappa shape index (κ1) is 11.9. The minimum Gasteiger partial charge on any atom is -0.487 e. The molecule has 1 atom stereocenters. The first-order chi connectivity index (χ1) is 9.38. The summed E-state index contributed by atoms with van der Waals surface area (Å²) in [5, 5.41) is 0.951. The number of para-hydroxylation sites is 1. The highest BCUT2D eigenvalue weighted by Crippen LogP contribution is 2.32. The summed E-state index contributed by atoms with van der Waals surface area (Å²) in [5.74, 6) is 0. The molecule has 0 aliphatic heterocycles. The average Bonchev–Trinajstić information content (AvgIpc) is 2.89. The van der Waals surface area contributed by atoms with Gasteiger partial charge in [0.25, 0.3) is 0 Å². The smallest absolute Gasteiger partial charge is 0.174 e. The number of hydrogen-bond acceptors (Lipinski definition) is 3. The molecule has 2 aromatic carbocycles. The van der Waals surface area contributed by atoms with Crippen molar-refractivity contribution in [2.45, 2.75) is 6.10 Å². The number of rotatable bonds is 4. The zero-order chi connectivity index (χ0) is 13.1. The fraction of sp³-hybridized carbons (Fsp3) is 0.0625. The largest absolute Gasteiger partial charge is 0.487 e. The van der Waals surface area contributed by atoms with Crippen LogP contribution in [-0.4, -0.2) is 4.98 Å². The average molecular weight is 267 g/mol. The molecule has 1 unspecified atom stereocenters. The van der Waals surface area contributed by atoms with Gasteiger partial charge in [-0.05, 0) is 17.7 Å². The SMILES string of the molecule is C=COC(c1ccccc1)c1nc2ccccc2s1. The molecule has 94 valence electrons. The molecular weight excluding hydrogens is 254 g/mol. The van der Waals surface area contributed by atoms with E-state index in [1.165, 1.54) is 11.0 Å². The predicted octanol–water partition coefficient (Wildman–Crippen LogP) is 4.55. The van der Waals surface area contributed by atoms with E-state index in [1.807, 2.05) is 48.5 Å².